The largest absolute Gasteiger partial charge is 0.444 e. The number of nitrogens with one attached hydrogen (secondary N) is 1. The van der Waals surface area contributed by atoms with Gasteiger partial charge in [-0.05, 0) is 27.2 Å². The standard InChI is InChI=1S/C14H19ClN4O/c1-5-6-11-18-12(15)9(3)13(19-11)17-10(4)14-16-7-8(2)20-14/h7,10H,5-6H2,1-4H3,(H,17,18,19). The average Bonchev–Trinajstić information content (AvgIpc) is 2.82. The number of oxazole rings is 1. The normalized spacial score (nSPS) is 12.4. The lowest BCUT2D eigenvalue weighted by Crippen LogP contribution is -2.11. The number of anilines is 1. The van der Waals surface area contributed by atoms with E-state index < -0.39 is 0 Å². The molecule has 2 rings (SSSR count). The summed E-state index contributed by atoms with van der Waals surface area (Å²) in [5.74, 6) is 2.91. The molecule has 0 aliphatic heterocycles. The highest BCUT2D eigenvalue weighted by Gasteiger charge is 2.15. The fourth-order valence-corrected chi connectivity index (χ4v) is 2.03. The van der Waals surface area contributed by atoms with Gasteiger partial charge in [0, 0.05) is 12.0 Å². The summed E-state index contributed by atoms with van der Waals surface area (Å²) < 4.78 is 5.52. The van der Waals surface area contributed by atoms with Gasteiger partial charge in [-0.3, -0.25) is 0 Å². The van der Waals surface area contributed by atoms with Crippen LogP contribution in [0.25, 0.3) is 0 Å². The summed E-state index contributed by atoms with van der Waals surface area (Å²) in [5, 5.41) is 3.78. The van der Waals surface area contributed by atoms with Gasteiger partial charge in [-0.15, -0.1) is 0 Å². The number of aromatic nitrogens is 3. The highest BCUT2D eigenvalue weighted by molar-refractivity contribution is 6.30. The van der Waals surface area contributed by atoms with E-state index in [1.54, 1.807) is 6.20 Å². The molecule has 1 N–H and O–H groups in total. The smallest absolute Gasteiger partial charge is 0.216 e. The number of halogens is 1. The van der Waals surface area contributed by atoms with Crippen LogP contribution in [0.2, 0.25) is 5.15 Å². The molecular formula is C14H19ClN4O. The highest BCUT2D eigenvalue weighted by Crippen LogP contribution is 2.24. The molecule has 5 nitrogen and oxygen atoms in total. The Hall–Kier alpha value is -1.62. The quantitative estimate of drug-likeness (QED) is 0.848. The number of rotatable bonds is 5. The summed E-state index contributed by atoms with van der Waals surface area (Å²) in [6.07, 6.45) is 3.49. The average molecular weight is 295 g/mol. The van der Waals surface area contributed by atoms with Crippen molar-refractivity contribution in [3.8, 4) is 0 Å². The minimum atomic E-state index is -0.0807. The van der Waals surface area contributed by atoms with Crippen molar-refractivity contribution in [2.45, 2.75) is 46.6 Å². The lowest BCUT2D eigenvalue weighted by Gasteiger charge is -2.14. The Morgan fingerprint density at radius 2 is 2.10 bits per heavy atom. The summed E-state index contributed by atoms with van der Waals surface area (Å²) in [5.41, 5.74) is 0.835. The topological polar surface area (TPSA) is 63.8 Å². The van der Waals surface area contributed by atoms with Crippen molar-refractivity contribution in [3.63, 3.8) is 0 Å². The van der Waals surface area contributed by atoms with Crippen molar-refractivity contribution in [3.05, 3.63) is 34.4 Å². The summed E-state index contributed by atoms with van der Waals surface area (Å²) in [7, 11) is 0. The van der Waals surface area contributed by atoms with Crippen LogP contribution in [-0.4, -0.2) is 15.0 Å². The van der Waals surface area contributed by atoms with Gasteiger partial charge in [0.05, 0.1) is 6.20 Å². The molecular weight excluding hydrogens is 276 g/mol. The van der Waals surface area contributed by atoms with Crippen molar-refractivity contribution in [2.24, 2.45) is 0 Å². The Labute approximate surface area is 123 Å². The van der Waals surface area contributed by atoms with Gasteiger partial charge in [0.15, 0.2) is 0 Å². The van der Waals surface area contributed by atoms with Crippen molar-refractivity contribution in [1.82, 2.24) is 15.0 Å². The van der Waals surface area contributed by atoms with Gasteiger partial charge in [-0.1, -0.05) is 18.5 Å². The zero-order valence-electron chi connectivity index (χ0n) is 12.2. The maximum atomic E-state index is 6.16. The third-order valence-corrected chi connectivity index (χ3v) is 3.34. The molecule has 1 atom stereocenters. The van der Waals surface area contributed by atoms with E-state index >= 15 is 0 Å². The molecule has 0 amide bonds. The van der Waals surface area contributed by atoms with Gasteiger partial charge in [-0.2, -0.15) is 0 Å². The van der Waals surface area contributed by atoms with Gasteiger partial charge in [0.1, 0.15) is 28.6 Å². The van der Waals surface area contributed by atoms with E-state index in [0.717, 1.165) is 35.8 Å². The first-order chi connectivity index (χ1) is 9.51. The number of nitrogens with zero attached hydrogens (tertiary/aromatic N) is 3. The van der Waals surface area contributed by atoms with Crippen LogP contribution in [0.15, 0.2) is 10.6 Å². The van der Waals surface area contributed by atoms with Gasteiger partial charge in [0.2, 0.25) is 5.89 Å². The maximum Gasteiger partial charge on any atom is 0.216 e. The fraction of sp³-hybridized carbons (Fsp3) is 0.500. The molecule has 0 radical (unpaired) electrons. The molecule has 108 valence electrons. The molecule has 0 aliphatic carbocycles. The summed E-state index contributed by atoms with van der Waals surface area (Å²) >= 11 is 6.16. The summed E-state index contributed by atoms with van der Waals surface area (Å²) in [4.78, 5) is 13.0. The van der Waals surface area contributed by atoms with Crippen molar-refractivity contribution in [2.75, 3.05) is 5.32 Å². The van der Waals surface area contributed by atoms with Crippen LogP contribution < -0.4 is 5.32 Å². The predicted octanol–water partition coefficient (Wildman–Crippen LogP) is 3.86. The van der Waals surface area contributed by atoms with Gasteiger partial charge < -0.3 is 9.73 Å². The third-order valence-electron chi connectivity index (χ3n) is 2.97. The first kappa shape index (κ1) is 14.8. The third kappa shape index (κ3) is 3.28. The van der Waals surface area contributed by atoms with Crippen LogP contribution in [0.1, 0.15) is 49.3 Å². The lowest BCUT2D eigenvalue weighted by atomic mass is 10.2. The molecule has 2 aromatic rings. The first-order valence-corrected chi connectivity index (χ1v) is 7.11. The van der Waals surface area contributed by atoms with Crippen molar-refractivity contribution >= 4 is 17.4 Å². The minimum Gasteiger partial charge on any atom is -0.444 e. The van der Waals surface area contributed by atoms with E-state index in [2.05, 4.69) is 27.2 Å². The lowest BCUT2D eigenvalue weighted by molar-refractivity contribution is 0.453. The summed E-state index contributed by atoms with van der Waals surface area (Å²) in [6, 6.07) is -0.0807. The Morgan fingerprint density at radius 3 is 2.70 bits per heavy atom. The molecule has 1 unspecified atom stereocenters. The number of hydrogen-bond donors (Lipinski definition) is 1. The molecule has 0 saturated carbocycles. The van der Waals surface area contributed by atoms with Crippen molar-refractivity contribution < 1.29 is 4.42 Å². The molecule has 0 aliphatic rings. The maximum absolute atomic E-state index is 6.16. The van der Waals surface area contributed by atoms with E-state index in [1.807, 2.05) is 20.8 Å². The Morgan fingerprint density at radius 1 is 1.35 bits per heavy atom. The van der Waals surface area contributed by atoms with Gasteiger partial charge >= 0.3 is 0 Å². The first-order valence-electron chi connectivity index (χ1n) is 6.73. The second-order valence-electron chi connectivity index (χ2n) is 4.83. The van der Waals surface area contributed by atoms with E-state index in [4.69, 9.17) is 16.0 Å². The van der Waals surface area contributed by atoms with Crippen LogP contribution in [0.3, 0.4) is 0 Å². The van der Waals surface area contributed by atoms with E-state index in [9.17, 15) is 0 Å². The van der Waals surface area contributed by atoms with Crippen LogP contribution >= 0.6 is 11.6 Å². The SMILES string of the molecule is CCCc1nc(Cl)c(C)c(NC(C)c2ncc(C)o2)n1. The minimum absolute atomic E-state index is 0.0807. The molecule has 6 heteroatoms. The van der Waals surface area contributed by atoms with Crippen LogP contribution in [-0.2, 0) is 6.42 Å². The van der Waals surface area contributed by atoms with E-state index in [-0.39, 0.29) is 6.04 Å². The number of hydrogen-bond acceptors (Lipinski definition) is 5. The predicted molar refractivity (Wildman–Crippen MR) is 79.1 cm³/mol. The molecule has 0 aromatic carbocycles. The zero-order chi connectivity index (χ0) is 14.7. The Bertz CT molecular complexity index is 597. The Kier molecular flexibility index (Phi) is 4.60. The second kappa shape index (κ2) is 6.22. The molecule has 20 heavy (non-hydrogen) atoms. The number of aryl methyl sites for hydroxylation is 2. The molecule has 2 aromatic heterocycles. The van der Waals surface area contributed by atoms with E-state index in [1.165, 1.54) is 0 Å². The monoisotopic (exact) mass is 294 g/mol. The summed E-state index contributed by atoms with van der Waals surface area (Å²) in [6.45, 7) is 7.83. The van der Waals surface area contributed by atoms with Gasteiger partial charge in [0.25, 0.3) is 0 Å². The van der Waals surface area contributed by atoms with Crippen LogP contribution in [0, 0.1) is 13.8 Å². The molecule has 0 bridgehead atoms. The van der Waals surface area contributed by atoms with Crippen LogP contribution in [0.4, 0.5) is 5.82 Å². The van der Waals surface area contributed by atoms with Crippen LogP contribution in [0.5, 0.6) is 0 Å². The molecule has 0 spiro atoms. The Balaban J connectivity index is 2.23. The molecule has 0 saturated heterocycles. The second-order valence-corrected chi connectivity index (χ2v) is 5.19. The highest BCUT2D eigenvalue weighted by atomic mass is 35.5. The van der Waals surface area contributed by atoms with E-state index in [0.29, 0.717) is 11.0 Å². The van der Waals surface area contributed by atoms with Crippen molar-refractivity contribution in [1.29, 1.82) is 0 Å². The zero-order valence-corrected chi connectivity index (χ0v) is 13.0. The fourth-order valence-electron chi connectivity index (χ4n) is 1.85. The molecule has 0 fully saturated rings. The molecule has 2 heterocycles. The van der Waals surface area contributed by atoms with Gasteiger partial charge in [-0.25, -0.2) is 15.0 Å².